The Hall–Kier alpha value is -1.56. The molecule has 0 saturated carbocycles. The molecule has 1 aromatic rings. The molecule has 2 heterocycles. The van der Waals surface area contributed by atoms with Crippen LogP contribution in [-0.2, 0) is 4.74 Å². The van der Waals surface area contributed by atoms with Gasteiger partial charge < -0.3 is 19.4 Å². The number of hydrogen-bond acceptors (Lipinski definition) is 5. The lowest BCUT2D eigenvalue weighted by Crippen LogP contribution is -2.26. The molecule has 1 unspecified atom stereocenters. The molecule has 0 aliphatic carbocycles. The van der Waals surface area contributed by atoms with Crippen molar-refractivity contribution in [1.29, 1.82) is 0 Å². The predicted molar refractivity (Wildman–Crippen MR) is 59.0 cm³/mol. The van der Waals surface area contributed by atoms with Crippen LogP contribution in [0, 0.1) is 0 Å². The summed E-state index contributed by atoms with van der Waals surface area (Å²) in [5, 5.41) is 0. The Kier molecular flexibility index (Phi) is 3.09. The first kappa shape index (κ1) is 10.9. The van der Waals surface area contributed by atoms with E-state index in [0.29, 0.717) is 5.82 Å². The number of ether oxygens (including phenoxy) is 2. The first-order valence-corrected chi connectivity index (χ1v) is 5.15. The van der Waals surface area contributed by atoms with E-state index in [2.05, 4.69) is 9.97 Å². The smallest absolute Gasteiger partial charge is 0.295 e. The van der Waals surface area contributed by atoms with E-state index in [9.17, 15) is 4.79 Å². The van der Waals surface area contributed by atoms with Crippen LogP contribution < -0.4 is 15.2 Å². The highest BCUT2D eigenvalue weighted by molar-refractivity contribution is 5.51. The van der Waals surface area contributed by atoms with Crippen molar-refractivity contribution in [2.75, 3.05) is 32.2 Å². The topological polar surface area (TPSA) is 67.5 Å². The van der Waals surface area contributed by atoms with Crippen LogP contribution in [0.4, 0.5) is 5.82 Å². The van der Waals surface area contributed by atoms with Gasteiger partial charge in [0.15, 0.2) is 5.82 Å². The van der Waals surface area contributed by atoms with Crippen LogP contribution in [0.3, 0.4) is 0 Å². The Morgan fingerprint density at radius 2 is 2.38 bits per heavy atom. The maximum atomic E-state index is 11.5. The van der Waals surface area contributed by atoms with Gasteiger partial charge in [-0.15, -0.1) is 0 Å². The average Bonchev–Trinajstić information content (AvgIpc) is 2.77. The van der Waals surface area contributed by atoms with Crippen LogP contribution in [0.25, 0.3) is 0 Å². The lowest BCUT2D eigenvalue weighted by atomic mass is 10.3. The molecule has 16 heavy (non-hydrogen) atoms. The molecule has 0 bridgehead atoms. The molecular weight excluding hydrogens is 210 g/mol. The van der Waals surface area contributed by atoms with Crippen molar-refractivity contribution in [2.45, 2.75) is 12.5 Å². The van der Waals surface area contributed by atoms with Crippen LogP contribution >= 0.6 is 0 Å². The van der Waals surface area contributed by atoms with Gasteiger partial charge in [-0.1, -0.05) is 0 Å². The van der Waals surface area contributed by atoms with Crippen molar-refractivity contribution in [3.8, 4) is 5.75 Å². The highest BCUT2D eigenvalue weighted by atomic mass is 16.5. The third-order valence-electron chi connectivity index (χ3n) is 2.77. The summed E-state index contributed by atoms with van der Waals surface area (Å²) in [7, 11) is 3.16. The van der Waals surface area contributed by atoms with Gasteiger partial charge in [0.2, 0.25) is 5.75 Å². The number of anilines is 1. The summed E-state index contributed by atoms with van der Waals surface area (Å²) in [5.41, 5.74) is -0.256. The maximum absolute atomic E-state index is 11.5. The van der Waals surface area contributed by atoms with E-state index in [1.165, 1.54) is 13.4 Å². The van der Waals surface area contributed by atoms with Gasteiger partial charge in [0.1, 0.15) is 0 Å². The van der Waals surface area contributed by atoms with Gasteiger partial charge in [-0.25, -0.2) is 4.98 Å². The molecule has 0 spiro atoms. The molecule has 1 aromatic heterocycles. The molecule has 0 amide bonds. The van der Waals surface area contributed by atoms with Gasteiger partial charge >= 0.3 is 0 Å². The highest BCUT2D eigenvalue weighted by Gasteiger charge is 2.26. The summed E-state index contributed by atoms with van der Waals surface area (Å²) in [6.07, 6.45) is 2.53. The van der Waals surface area contributed by atoms with Gasteiger partial charge in [0.25, 0.3) is 5.56 Å². The van der Waals surface area contributed by atoms with Crippen LogP contribution in [-0.4, -0.2) is 43.4 Å². The van der Waals surface area contributed by atoms with Crippen LogP contribution in [0.2, 0.25) is 0 Å². The minimum Gasteiger partial charge on any atom is -0.489 e. The van der Waals surface area contributed by atoms with Crippen LogP contribution in [0.15, 0.2) is 11.1 Å². The molecule has 1 aliphatic rings. The van der Waals surface area contributed by atoms with Gasteiger partial charge in [-0.05, 0) is 6.42 Å². The molecule has 88 valence electrons. The van der Waals surface area contributed by atoms with Crippen molar-refractivity contribution in [2.24, 2.45) is 0 Å². The summed E-state index contributed by atoms with van der Waals surface area (Å²) in [5.74, 6) is 0.852. The summed E-state index contributed by atoms with van der Waals surface area (Å²) in [6, 6.07) is 0. The van der Waals surface area contributed by atoms with Gasteiger partial charge in [0.05, 0.1) is 19.5 Å². The zero-order chi connectivity index (χ0) is 11.5. The lowest BCUT2D eigenvalue weighted by molar-refractivity contribution is 0.121. The predicted octanol–water partition coefficient (Wildman–Crippen LogP) is 0.00360. The van der Waals surface area contributed by atoms with Gasteiger partial charge in [0, 0.05) is 20.2 Å². The molecule has 0 radical (unpaired) electrons. The van der Waals surface area contributed by atoms with Crippen molar-refractivity contribution < 1.29 is 9.47 Å². The van der Waals surface area contributed by atoms with E-state index < -0.39 is 0 Å². The van der Waals surface area contributed by atoms with E-state index in [4.69, 9.17) is 9.47 Å². The normalized spacial score (nSPS) is 20.1. The highest BCUT2D eigenvalue weighted by Crippen LogP contribution is 2.25. The second kappa shape index (κ2) is 4.52. The largest absolute Gasteiger partial charge is 0.489 e. The SMILES string of the molecule is COc1c(N2CCC(OC)C2)nc[nH]c1=O. The van der Waals surface area contributed by atoms with E-state index in [1.807, 2.05) is 4.90 Å². The summed E-state index contributed by atoms with van der Waals surface area (Å²) in [4.78, 5) is 20.1. The lowest BCUT2D eigenvalue weighted by Gasteiger charge is -2.18. The summed E-state index contributed by atoms with van der Waals surface area (Å²) >= 11 is 0. The van der Waals surface area contributed by atoms with Gasteiger partial charge in [-0.2, -0.15) is 0 Å². The number of hydrogen-bond donors (Lipinski definition) is 1. The molecule has 1 fully saturated rings. The zero-order valence-electron chi connectivity index (χ0n) is 9.40. The number of H-pyrrole nitrogens is 1. The van der Waals surface area contributed by atoms with E-state index in [-0.39, 0.29) is 17.4 Å². The first-order chi connectivity index (χ1) is 7.76. The van der Waals surface area contributed by atoms with E-state index in [0.717, 1.165) is 19.5 Å². The fourth-order valence-electron chi connectivity index (χ4n) is 1.90. The standard InChI is InChI=1S/C10H15N3O3/c1-15-7-3-4-13(5-7)9-8(16-2)10(14)12-6-11-9/h6-7H,3-5H2,1-2H3,(H,11,12,14). The molecule has 0 aromatic carbocycles. The first-order valence-electron chi connectivity index (χ1n) is 5.15. The molecule has 1 aliphatic heterocycles. The summed E-state index contributed by atoms with van der Waals surface area (Å²) < 4.78 is 10.3. The molecular formula is C10H15N3O3. The Morgan fingerprint density at radius 1 is 1.56 bits per heavy atom. The molecule has 6 heteroatoms. The second-order valence-corrected chi connectivity index (χ2v) is 3.68. The number of methoxy groups -OCH3 is 2. The van der Waals surface area contributed by atoms with Gasteiger partial charge in [-0.3, -0.25) is 4.79 Å². The fraction of sp³-hybridized carbons (Fsp3) is 0.600. The molecule has 1 saturated heterocycles. The third kappa shape index (κ3) is 1.88. The van der Waals surface area contributed by atoms with E-state index >= 15 is 0 Å². The van der Waals surface area contributed by atoms with Crippen LogP contribution in [0.5, 0.6) is 5.75 Å². The number of nitrogens with zero attached hydrogens (tertiary/aromatic N) is 2. The van der Waals surface area contributed by atoms with Crippen molar-refractivity contribution in [1.82, 2.24) is 9.97 Å². The maximum Gasteiger partial charge on any atom is 0.295 e. The third-order valence-corrected chi connectivity index (χ3v) is 2.77. The Bertz CT molecular complexity index is 418. The number of nitrogens with one attached hydrogen (secondary N) is 1. The number of rotatable bonds is 3. The monoisotopic (exact) mass is 225 g/mol. The molecule has 1 N–H and O–H groups in total. The summed E-state index contributed by atoms with van der Waals surface area (Å²) in [6.45, 7) is 1.56. The quantitative estimate of drug-likeness (QED) is 0.784. The minimum atomic E-state index is -0.256. The molecule has 2 rings (SSSR count). The Morgan fingerprint density at radius 3 is 3.00 bits per heavy atom. The number of aromatic nitrogens is 2. The second-order valence-electron chi connectivity index (χ2n) is 3.68. The van der Waals surface area contributed by atoms with Crippen molar-refractivity contribution in [3.05, 3.63) is 16.7 Å². The molecule has 1 atom stereocenters. The van der Waals surface area contributed by atoms with Crippen LogP contribution in [0.1, 0.15) is 6.42 Å². The average molecular weight is 225 g/mol. The van der Waals surface area contributed by atoms with Crippen molar-refractivity contribution >= 4 is 5.82 Å². The van der Waals surface area contributed by atoms with Crippen molar-refractivity contribution in [3.63, 3.8) is 0 Å². The minimum absolute atomic E-state index is 0.200. The molecule has 6 nitrogen and oxygen atoms in total. The Balaban J connectivity index is 2.27. The Labute approximate surface area is 93.2 Å². The zero-order valence-corrected chi connectivity index (χ0v) is 9.40. The van der Waals surface area contributed by atoms with E-state index in [1.54, 1.807) is 7.11 Å². The fourth-order valence-corrected chi connectivity index (χ4v) is 1.90. The number of aromatic amines is 1.